The molecular weight excluding hydrogens is 195 g/mol. The van der Waals surface area contributed by atoms with E-state index in [1.54, 1.807) is 6.07 Å². The van der Waals surface area contributed by atoms with Crippen LogP contribution in [0.5, 0.6) is 0 Å². The minimum absolute atomic E-state index is 0.0901. The molecule has 0 fully saturated rings. The zero-order valence-electron chi connectivity index (χ0n) is 9.13. The Morgan fingerprint density at radius 1 is 1.47 bits per heavy atom. The van der Waals surface area contributed by atoms with Gasteiger partial charge in [0, 0.05) is 25.8 Å². The van der Waals surface area contributed by atoms with E-state index >= 15 is 0 Å². The van der Waals surface area contributed by atoms with Gasteiger partial charge in [-0.25, -0.2) is 4.39 Å². The molecule has 0 heterocycles. The highest BCUT2D eigenvalue weighted by molar-refractivity contribution is 5.53. The summed E-state index contributed by atoms with van der Waals surface area (Å²) in [6.07, 6.45) is 0. The smallest absolute Gasteiger partial charge is 0.123 e. The van der Waals surface area contributed by atoms with E-state index in [-0.39, 0.29) is 12.4 Å². The number of rotatable bonds is 5. The number of aliphatic hydroxyl groups excluding tert-OH is 1. The van der Waals surface area contributed by atoms with Crippen LogP contribution in [0, 0.1) is 5.82 Å². The standard InChI is InChI=1S/C11H17FN2O/c1-13-8-9-7-10(12)3-4-11(9)14(2)5-6-15/h3-4,7,13,15H,5-6,8H2,1-2H3. The molecule has 0 radical (unpaired) electrons. The van der Waals surface area contributed by atoms with Crippen LogP contribution in [0.4, 0.5) is 10.1 Å². The Hall–Kier alpha value is -1.13. The molecule has 0 aromatic heterocycles. The van der Waals surface area contributed by atoms with Crippen LogP contribution < -0.4 is 10.2 Å². The molecule has 0 unspecified atom stereocenters. The van der Waals surface area contributed by atoms with E-state index in [0.717, 1.165) is 11.3 Å². The molecular formula is C11H17FN2O. The molecule has 0 atom stereocenters. The van der Waals surface area contributed by atoms with Crippen molar-refractivity contribution in [2.24, 2.45) is 0 Å². The highest BCUT2D eigenvalue weighted by Crippen LogP contribution is 2.20. The van der Waals surface area contributed by atoms with Gasteiger partial charge in [0.25, 0.3) is 0 Å². The summed E-state index contributed by atoms with van der Waals surface area (Å²) in [5.74, 6) is -0.235. The van der Waals surface area contributed by atoms with Crippen molar-refractivity contribution in [1.29, 1.82) is 0 Å². The van der Waals surface area contributed by atoms with Crippen LogP contribution in [-0.4, -0.2) is 32.4 Å². The van der Waals surface area contributed by atoms with E-state index in [1.165, 1.54) is 12.1 Å². The molecule has 0 bridgehead atoms. The van der Waals surface area contributed by atoms with Gasteiger partial charge in [-0.2, -0.15) is 0 Å². The third kappa shape index (κ3) is 3.18. The minimum Gasteiger partial charge on any atom is -0.395 e. The highest BCUT2D eigenvalue weighted by atomic mass is 19.1. The Labute approximate surface area is 89.5 Å². The summed E-state index contributed by atoms with van der Waals surface area (Å²) in [4.78, 5) is 1.91. The molecule has 84 valence electrons. The number of nitrogens with one attached hydrogen (secondary N) is 1. The van der Waals surface area contributed by atoms with Crippen molar-refractivity contribution in [3.63, 3.8) is 0 Å². The van der Waals surface area contributed by atoms with Gasteiger partial charge in [-0.05, 0) is 30.8 Å². The average molecular weight is 212 g/mol. The Bertz CT molecular complexity index is 317. The van der Waals surface area contributed by atoms with Crippen LogP contribution in [-0.2, 0) is 6.54 Å². The summed E-state index contributed by atoms with van der Waals surface area (Å²) in [5, 5.41) is 11.8. The van der Waals surface area contributed by atoms with Crippen LogP contribution >= 0.6 is 0 Å². The normalized spacial score (nSPS) is 10.4. The van der Waals surface area contributed by atoms with E-state index in [9.17, 15) is 4.39 Å². The third-order valence-electron chi connectivity index (χ3n) is 2.26. The fourth-order valence-electron chi connectivity index (χ4n) is 1.53. The van der Waals surface area contributed by atoms with E-state index in [0.29, 0.717) is 13.1 Å². The predicted octanol–water partition coefficient (Wildman–Crippen LogP) is 0.974. The van der Waals surface area contributed by atoms with E-state index in [2.05, 4.69) is 5.32 Å². The summed E-state index contributed by atoms with van der Waals surface area (Å²) in [6.45, 7) is 1.25. The number of aliphatic hydroxyl groups is 1. The highest BCUT2D eigenvalue weighted by Gasteiger charge is 2.07. The third-order valence-corrected chi connectivity index (χ3v) is 2.26. The summed E-state index contributed by atoms with van der Waals surface area (Å²) < 4.78 is 13.0. The number of benzene rings is 1. The zero-order valence-corrected chi connectivity index (χ0v) is 9.13. The summed E-state index contributed by atoms with van der Waals surface area (Å²) >= 11 is 0. The van der Waals surface area contributed by atoms with Crippen molar-refractivity contribution in [2.45, 2.75) is 6.54 Å². The van der Waals surface area contributed by atoms with E-state index in [1.807, 2.05) is 19.0 Å². The first kappa shape index (κ1) is 11.9. The molecule has 0 saturated carbocycles. The van der Waals surface area contributed by atoms with E-state index < -0.39 is 0 Å². The van der Waals surface area contributed by atoms with Crippen LogP contribution in [0.15, 0.2) is 18.2 Å². The first-order valence-electron chi connectivity index (χ1n) is 4.94. The van der Waals surface area contributed by atoms with Gasteiger partial charge in [-0.15, -0.1) is 0 Å². The number of anilines is 1. The van der Waals surface area contributed by atoms with Gasteiger partial charge < -0.3 is 15.3 Å². The molecule has 0 saturated heterocycles. The molecule has 15 heavy (non-hydrogen) atoms. The van der Waals surface area contributed by atoms with Gasteiger partial charge >= 0.3 is 0 Å². The van der Waals surface area contributed by atoms with Crippen molar-refractivity contribution in [2.75, 3.05) is 32.1 Å². The molecule has 1 aromatic rings. The van der Waals surface area contributed by atoms with Crippen LogP contribution in [0.1, 0.15) is 5.56 Å². The SMILES string of the molecule is CNCc1cc(F)ccc1N(C)CCO. The fraction of sp³-hybridized carbons (Fsp3) is 0.455. The number of hydrogen-bond donors (Lipinski definition) is 2. The van der Waals surface area contributed by atoms with Gasteiger partial charge in [0.1, 0.15) is 5.82 Å². The minimum atomic E-state index is -0.235. The van der Waals surface area contributed by atoms with Crippen molar-refractivity contribution >= 4 is 5.69 Å². The molecule has 0 aliphatic carbocycles. The van der Waals surface area contributed by atoms with Crippen LogP contribution in [0.3, 0.4) is 0 Å². The maximum Gasteiger partial charge on any atom is 0.123 e. The fourth-order valence-corrected chi connectivity index (χ4v) is 1.53. The molecule has 4 heteroatoms. The second-order valence-corrected chi connectivity index (χ2v) is 3.45. The Morgan fingerprint density at radius 3 is 2.80 bits per heavy atom. The van der Waals surface area contributed by atoms with Gasteiger partial charge in [-0.3, -0.25) is 0 Å². The van der Waals surface area contributed by atoms with Gasteiger partial charge in [0.15, 0.2) is 0 Å². The number of halogens is 1. The van der Waals surface area contributed by atoms with Crippen molar-refractivity contribution in [3.8, 4) is 0 Å². The molecule has 0 spiro atoms. The quantitative estimate of drug-likeness (QED) is 0.763. The predicted molar refractivity (Wildman–Crippen MR) is 59.5 cm³/mol. The maximum atomic E-state index is 13.0. The Morgan fingerprint density at radius 2 is 2.20 bits per heavy atom. The molecule has 1 aromatic carbocycles. The van der Waals surface area contributed by atoms with Crippen LogP contribution in [0.25, 0.3) is 0 Å². The average Bonchev–Trinajstić information content (AvgIpc) is 2.18. The number of likely N-dealkylation sites (N-methyl/N-ethyl adjacent to an activating group) is 1. The zero-order chi connectivity index (χ0) is 11.3. The lowest BCUT2D eigenvalue weighted by Crippen LogP contribution is -2.23. The molecule has 0 aliphatic rings. The molecule has 3 nitrogen and oxygen atoms in total. The second kappa shape index (κ2) is 5.68. The first-order chi connectivity index (χ1) is 7.19. The van der Waals surface area contributed by atoms with E-state index in [4.69, 9.17) is 5.11 Å². The largest absolute Gasteiger partial charge is 0.395 e. The lowest BCUT2D eigenvalue weighted by molar-refractivity contribution is 0.304. The second-order valence-electron chi connectivity index (χ2n) is 3.45. The van der Waals surface area contributed by atoms with Crippen molar-refractivity contribution in [3.05, 3.63) is 29.6 Å². The van der Waals surface area contributed by atoms with Gasteiger partial charge in [0.2, 0.25) is 0 Å². The van der Waals surface area contributed by atoms with Crippen molar-refractivity contribution < 1.29 is 9.50 Å². The van der Waals surface area contributed by atoms with Crippen molar-refractivity contribution in [1.82, 2.24) is 5.32 Å². The first-order valence-corrected chi connectivity index (χ1v) is 4.94. The summed E-state index contributed by atoms with van der Waals surface area (Å²) in [5.41, 5.74) is 1.84. The summed E-state index contributed by atoms with van der Waals surface area (Å²) in [6, 6.07) is 4.68. The van der Waals surface area contributed by atoms with Crippen LogP contribution in [0.2, 0.25) is 0 Å². The summed E-state index contributed by atoms with van der Waals surface area (Å²) in [7, 11) is 3.70. The van der Waals surface area contributed by atoms with Gasteiger partial charge in [-0.1, -0.05) is 0 Å². The maximum absolute atomic E-state index is 13.0. The lowest BCUT2D eigenvalue weighted by atomic mass is 10.1. The Kier molecular flexibility index (Phi) is 4.52. The Balaban J connectivity index is 2.93. The lowest BCUT2D eigenvalue weighted by Gasteiger charge is -2.21. The molecule has 0 amide bonds. The topological polar surface area (TPSA) is 35.5 Å². The number of nitrogens with zero attached hydrogens (tertiary/aromatic N) is 1. The number of hydrogen-bond acceptors (Lipinski definition) is 3. The molecule has 2 N–H and O–H groups in total. The monoisotopic (exact) mass is 212 g/mol. The molecule has 0 aliphatic heterocycles. The van der Waals surface area contributed by atoms with Gasteiger partial charge in [0.05, 0.1) is 6.61 Å². The molecule has 1 rings (SSSR count).